The number of aromatic nitrogens is 2. The van der Waals surface area contributed by atoms with Crippen LogP contribution in [0.15, 0.2) is 17.1 Å². The monoisotopic (exact) mass is 301 g/mol. The predicted octanol–water partition coefficient (Wildman–Crippen LogP) is -1.97. The molecule has 1 fully saturated rings. The number of carbonyl (C=O) groups excluding carboxylic acids is 1. The van der Waals surface area contributed by atoms with Crippen LogP contribution in [0, 0.1) is 0 Å². The number of nitrogens with zero attached hydrogens (tertiary/aromatic N) is 2. The predicted molar refractivity (Wildman–Crippen MR) is 67.5 cm³/mol. The van der Waals surface area contributed by atoms with E-state index in [1.807, 2.05) is 0 Å². The number of methoxy groups -OCH3 is 1. The molecule has 1 aromatic heterocycles. The Morgan fingerprint density at radius 3 is 2.76 bits per heavy atom. The molecular weight excluding hydrogens is 286 g/mol. The third kappa shape index (κ3) is 3.03. The van der Waals surface area contributed by atoms with Crippen LogP contribution in [0.25, 0.3) is 0 Å². The van der Waals surface area contributed by atoms with Gasteiger partial charge in [-0.1, -0.05) is 0 Å². The standard InChI is InChI=1S/C11H15N3O7/c1-20-11(19)13-6-2-3-14(10(18)12-6)9-8(17)7(16)5(4-15)21-9/h2-3,5,7-9,15-17H,4H2,1H3,(H,12,13,18,19)/t5-,7+,8?,9-/m1/s1. The van der Waals surface area contributed by atoms with Crippen molar-refractivity contribution < 1.29 is 29.6 Å². The number of carbonyl (C=O) groups is 1. The molecule has 0 aliphatic carbocycles. The molecule has 1 aromatic rings. The first-order chi connectivity index (χ1) is 9.97. The van der Waals surface area contributed by atoms with Gasteiger partial charge in [-0.2, -0.15) is 4.98 Å². The molecule has 0 spiro atoms. The highest BCUT2D eigenvalue weighted by Crippen LogP contribution is 2.28. The Hall–Kier alpha value is -2.01. The maximum absolute atomic E-state index is 11.9. The number of hydrogen-bond donors (Lipinski definition) is 4. The van der Waals surface area contributed by atoms with Crippen molar-refractivity contribution >= 4 is 11.9 Å². The van der Waals surface area contributed by atoms with Crippen LogP contribution in [0.2, 0.25) is 0 Å². The lowest BCUT2D eigenvalue weighted by Crippen LogP contribution is -2.36. The number of amides is 1. The van der Waals surface area contributed by atoms with E-state index < -0.39 is 42.9 Å². The number of aliphatic hydroxyl groups is 3. The Morgan fingerprint density at radius 2 is 2.24 bits per heavy atom. The zero-order valence-corrected chi connectivity index (χ0v) is 11.0. The smallest absolute Gasteiger partial charge is 0.412 e. The second-order valence-electron chi connectivity index (χ2n) is 4.35. The molecule has 21 heavy (non-hydrogen) atoms. The first kappa shape index (κ1) is 15.4. The molecule has 116 valence electrons. The maximum atomic E-state index is 11.9. The van der Waals surface area contributed by atoms with E-state index in [2.05, 4.69) is 15.0 Å². The Labute approximate surface area is 118 Å². The van der Waals surface area contributed by atoms with Crippen molar-refractivity contribution in [2.24, 2.45) is 0 Å². The van der Waals surface area contributed by atoms with Crippen LogP contribution < -0.4 is 11.0 Å². The molecule has 1 amide bonds. The van der Waals surface area contributed by atoms with Gasteiger partial charge in [-0.15, -0.1) is 0 Å². The fourth-order valence-electron chi connectivity index (χ4n) is 1.94. The van der Waals surface area contributed by atoms with E-state index in [-0.39, 0.29) is 5.82 Å². The van der Waals surface area contributed by atoms with Crippen molar-refractivity contribution in [2.75, 3.05) is 19.0 Å². The summed E-state index contributed by atoms with van der Waals surface area (Å²) in [7, 11) is 1.16. The number of rotatable bonds is 3. The summed E-state index contributed by atoms with van der Waals surface area (Å²) in [4.78, 5) is 26.4. The Bertz CT molecular complexity index is 575. The molecule has 1 saturated heterocycles. The van der Waals surface area contributed by atoms with Crippen LogP contribution >= 0.6 is 0 Å². The van der Waals surface area contributed by atoms with Crippen molar-refractivity contribution in [1.82, 2.24) is 9.55 Å². The topological polar surface area (TPSA) is 143 Å². The van der Waals surface area contributed by atoms with Gasteiger partial charge in [-0.05, 0) is 6.07 Å². The van der Waals surface area contributed by atoms with Gasteiger partial charge < -0.3 is 24.8 Å². The van der Waals surface area contributed by atoms with Gasteiger partial charge in [0, 0.05) is 6.20 Å². The summed E-state index contributed by atoms with van der Waals surface area (Å²) in [5.41, 5.74) is -0.807. The van der Waals surface area contributed by atoms with E-state index in [9.17, 15) is 19.8 Å². The lowest BCUT2D eigenvalue weighted by molar-refractivity contribution is -0.0549. The second kappa shape index (κ2) is 6.18. The largest absolute Gasteiger partial charge is 0.453 e. The van der Waals surface area contributed by atoms with Crippen LogP contribution in [0.1, 0.15) is 6.23 Å². The van der Waals surface area contributed by atoms with Gasteiger partial charge in [-0.25, -0.2) is 9.59 Å². The van der Waals surface area contributed by atoms with E-state index >= 15 is 0 Å². The highest BCUT2D eigenvalue weighted by Gasteiger charge is 2.43. The minimum Gasteiger partial charge on any atom is -0.453 e. The molecule has 0 aromatic carbocycles. The van der Waals surface area contributed by atoms with Crippen molar-refractivity contribution in [2.45, 2.75) is 24.5 Å². The van der Waals surface area contributed by atoms with Gasteiger partial charge in [0.1, 0.15) is 24.1 Å². The van der Waals surface area contributed by atoms with Gasteiger partial charge in [-0.3, -0.25) is 9.88 Å². The van der Waals surface area contributed by atoms with E-state index in [1.165, 1.54) is 12.3 Å². The van der Waals surface area contributed by atoms with Crippen molar-refractivity contribution in [3.63, 3.8) is 0 Å². The minimum absolute atomic E-state index is 0.0326. The van der Waals surface area contributed by atoms with E-state index in [4.69, 9.17) is 9.84 Å². The van der Waals surface area contributed by atoms with Crippen LogP contribution in [0.5, 0.6) is 0 Å². The molecule has 4 atom stereocenters. The maximum Gasteiger partial charge on any atom is 0.412 e. The molecule has 2 heterocycles. The first-order valence-corrected chi connectivity index (χ1v) is 6.04. The number of aliphatic hydroxyl groups excluding tert-OH is 3. The van der Waals surface area contributed by atoms with Gasteiger partial charge in [0.05, 0.1) is 13.7 Å². The molecule has 0 bridgehead atoms. The SMILES string of the molecule is COC(=O)Nc1ccn([C@@H]2O[C@H](CO)[C@H](O)C2O)c(=O)n1. The lowest BCUT2D eigenvalue weighted by atomic mass is 10.1. The van der Waals surface area contributed by atoms with Gasteiger partial charge in [0.2, 0.25) is 0 Å². The molecule has 10 nitrogen and oxygen atoms in total. The summed E-state index contributed by atoms with van der Waals surface area (Å²) < 4.78 is 10.5. The summed E-state index contributed by atoms with van der Waals surface area (Å²) in [6.07, 6.45) is -4.43. The molecule has 1 aliphatic heterocycles. The highest BCUT2D eigenvalue weighted by atomic mass is 16.6. The van der Waals surface area contributed by atoms with Crippen LogP contribution in [-0.2, 0) is 9.47 Å². The number of nitrogens with one attached hydrogen (secondary N) is 1. The van der Waals surface area contributed by atoms with Crippen molar-refractivity contribution in [3.05, 3.63) is 22.7 Å². The van der Waals surface area contributed by atoms with Gasteiger partial charge >= 0.3 is 11.8 Å². The van der Waals surface area contributed by atoms with E-state index in [0.717, 1.165) is 11.7 Å². The fraction of sp³-hybridized carbons (Fsp3) is 0.545. The molecule has 2 rings (SSSR count). The molecule has 4 N–H and O–H groups in total. The zero-order chi connectivity index (χ0) is 15.6. The van der Waals surface area contributed by atoms with Crippen LogP contribution in [0.3, 0.4) is 0 Å². The van der Waals surface area contributed by atoms with E-state index in [0.29, 0.717) is 0 Å². The quantitative estimate of drug-likeness (QED) is 0.503. The third-order valence-corrected chi connectivity index (χ3v) is 3.04. The summed E-state index contributed by atoms with van der Waals surface area (Å²) in [6.45, 7) is -0.501. The summed E-state index contributed by atoms with van der Waals surface area (Å²) in [5, 5.41) is 30.7. The summed E-state index contributed by atoms with van der Waals surface area (Å²) in [5.74, 6) is -0.0326. The molecule has 0 saturated carbocycles. The van der Waals surface area contributed by atoms with Crippen LogP contribution in [-0.4, -0.2) is 63.0 Å². The second-order valence-corrected chi connectivity index (χ2v) is 4.35. The molecule has 10 heteroatoms. The lowest BCUT2D eigenvalue weighted by Gasteiger charge is -2.17. The van der Waals surface area contributed by atoms with Crippen molar-refractivity contribution in [3.8, 4) is 0 Å². The zero-order valence-electron chi connectivity index (χ0n) is 11.0. The Morgan fingerprint density at radius 1 is 1.52 bits per heavy atom. The average Bonchev–Trinajstić information content (AvgIpc) is 2.75. The van der Waals surface area contributed by atoms with E-state index in [1.54, 1.807) is 0 Å². The average molecular weight is 301 g/mol. The van der Waals surface area contributed by atoms with Gasteiger partial charge in [0.25, 0.3) is 0 Å². The Balaban J connectivity index is 2.22. The summed E-state index contributed by atoms with van der Waals surface area (Å²) >= 11 is 0. The fourth-order valence-corrected chi connectivity index (χ4v) is 1.94. The molecule has 1 aliphatic rings. The Kier molecular flexibility index (Phi) is 4.53. The third-order valence-electron chi connectivity index (χ3n) is 3.04. The number of anilines is 1. The van der Waals surface area contributed by atoms with Crippen LogP contribution in [0.4, 0.5) is 10.6 Å². The highest BCUT2D eigenvalue weighted by molar-refractivity contribution is 5.82. The summed E-state index contributed by atoms with van der Waals surface area (Å²) in [6, 6.07) is 1.30. The minimum atomic E-state index is -1.39. The normalized spacial score (nSPS) is 28.4. The number of ether oxygens (including phenoxy) is 2. The first-order valence-electron chi connectivity index (χ1n) is 6.04. The molecule has 0 radical (unpaired) electrons. The van der Waals surface area contributed by atoms with Crippen molar-refractivity contribution in [1.29, 1.82) is 0 Å². The molecular formula is C11H15N3O7. The van der Waals surface area contributed by atoms with Gasteiger partial charge in [0.15, 0.2) is 6.23 Å². The number of hydrogen-bond acceptors (Lipinski definition) is 8. The molecule has 1 unspecified atom stereocenters.